The number of rotatable bonds is 2. The minimum Gasteiger partial charge on any atom is -0.336 e. The van der Waals surface area contributed by atoms with Crippen molar-refractivity contribution in [3.63, 3.8) is 0 Å². The molecule has 1 aromatic rings. The number of halogens is 2. The zero-order chi connectivity index (χ0) is 12.4. The van der Waals surface area contributed by atoms with Gasteiger partial charge in [0.1, 0.15) is 5.82 Å². The molecule has 0 spiro atoms. The quantitative estimate of drug-likeness (QED) is 0.817. The maximum Gasteiger partial charge on any atom is 0.254 e. The van der Waals surface area contributed by atoms with Gasteiger partial charge in [-0.25, -0.2) is 4.39 Å². The van der Waals surface area contributed by atoms with Crippen LogP contribution in [0.1, 0.15) is 36.5 Å². The summed E-state index contributed by atoms with van der Waals surface area (Å²) in [6, 6.07) is 4.65. The van der Waals surface area contributed by atoms with E-state index in [1.165, 1.54) is 12.1 Å². The number of nitrogens with zero attached hydrogens (tertiary/aromatic N) is 1. The fraction of sp³-hybridized carbons (Fsp3) is 0.462. The summed E-state index contributed by atoms with van der Waals surface area (Å²) in [5.74, 6) is -0.440. The van der Waals surface area contributed by atoms with Crippen LogP contribution < -0.4 is 0 Å². The van der Waals surface area contributed by atoms with Crippen molar-refractivity contribution in [2.45, 2.75) is 32.2 Å². The van der Waals surface area contributed by atoms with Crippen LogP contribution in [-0.4, -0.2) is 23.4 Å². The molecule has 1 heterocycles. The van der Waals surface area contributed by atoms with Crippen molar-refractivity contribution in [1.29, 1.82) is 0 Å². The topological polar surface area (TPSA) is 20.3 Å². The Kier molecular flexibility index (Phi) is 3.82. The summed E-state index contributed by atoms with van der Waals surface area (Å²) in [5, 5.41) is 0. The lowest BCUT2D eigenvalue weighted by molar-refractivity contribution is 0.0733. The SMILES string of the molecule is CCC1CCCN1C(=O)c1cc(F)cc(Br)c1. The molecule has 0 N–H and O–H groups in total. The molecule has 1 atom stereocenters. The van der Waals surface area contributed by atoms with Gasteiger partial charge >= 0.3 is 0 Å². The van der Waals surface area contributed by atoms with E-state index in [2.05, 4.69) is 22.9 Å². The number of carbonyl (C=O) groups excluding carboxylic acids is 1. The predicted molar refractivity (Wildman–Crippen MR) is 68.4 cm³/mol. The van der Waals surface area contributed by atoms with E-state index in [0.29, 0.717) is 16.1 Å². The van der Waals surface area contributed by atoms with Crippen LogP contribution in [0.3, 0.4) is 0 Å². The number of amides is 1. The summed E-state index contributed by atoms with van der Waals surface area (Å²) >= 11 is 3.21. The van der Waals surface area contributed by atoms with Gasteiger partial charge in [-0.05, 0) is 37.5 Å². The molecule has 0 radical (unpaired) electrons. The molecule has 0 saturated carbocycles. The maximum absolute atomic E-state index is 13.3. The average Bonchev–Trinajstić information content (AvgIpc) is 2.74. The van der Waals surface area contributed by atoms with Gasteiger partial charge in [0, 0.05) is 22.6 Å². The summed E-state index contributed by atoms with van der Waals surface area (Å²) in [6.07, 6.45) is 3.06. The molecule has 92 valence electrons. The first kappa shape index (κ1) is 12.6. The molecule has 1 saturated heterocycles. The summed E-state index contributed by atoms with van der Waals surface area (Å²) in [7, 11) is 0. The standard InChI is InChI=1S/C13H15BrFNO/c1-2-12-4-3-5-16(12)13(17)9-6-10(14)8-11(15)7-9/h6-8,12H,2-5H2,1H3. The van der Waals surface area contributed by atoms with Gasteiger partial charge in [0.25, 0.3) is 5.91 Å². The number of likely N-dealkylation sites (tertiary alicyclic amines) is 1. The van der Waals surface area contributed by atoms with Gasteiger partial charge in [0.15, 0.2) is 0 Å². The van der Waals surface area contributed by atoms with Crippen molar-refractivity contribution < 1.29 is 9.18 Å². The number of hydrogen-bond acceptors (Lipinski definition) is 1. The van der Waals surface area contributed by atoms with Crippen molar-refractivity contribution in [2.24, 2.45) is 0 Å². The Balaban J connectivity index is 2.24. The minimum atomic E-state index is -0.380. The van der Waals surface area contributed by atoms with Crippen LogP contribution in [0.15, 0.2) is 22.7 Å². The van der Waals surface area contributed by atoms with E-state index >= 15 is 0 Å². The van der Waals surface area contributed by atoms with Crippen molar-refractivity contribution in [1.82, 2.24) is 4.90 Å². The van der Waals surface area contributed by atoms with E-state index in [-0.39, 0.29) is 11.7 Å². The molecule has 17 heavy (non-hydrogen) atoms. The lowest BCUT2D eigenvalue weighted by atomic mass is 10.1. The van der Waals surface area contributed by atoms with Gasteiger partial charge in [0.2, 0.25) is 0 Å². The van der Waals surface area contributed by atoms with Crippen molar-refractivity contribution in [3.05, 3.63) is 34.1 Å². The van der Waals surface area contributed by atoms with E-state index < -0.39 is 0 Å². The molecule has 4 heteroatoms. The lowest BCUT2D eigenvalue weighted by Gasteiger charge is -2.23. The summed E-state index contributed by atoms with van der Waals surface area (Å²) in [5.41, 5.74) is 0.428. The normalized spacial score (nSPS) is 19.7. The smallest absolute Gasteiger partial charge is 0.254 e. The lowest BCUT2D eigenvalue weighted by Crippen LogP contribution is -2.35. The van der Waals surface area contributed by atoms with Gasteiger partial charge in [-0.3, -0.25) is 4.79 Å². The van der Waals surface area contributed by atoms with Crippen LogP contribution in [0, 0.1) is 5.82 Å². The van der Waals surface area contributed by atoms with Gasteiger partial charge < -0.3 is 4.90 Å². The maximum atomic E-state index is 13.3. The molecular weight excluding hydrogens is 285 g/mol. The minimum absolute atomic E-state index is 0.0606. The highest BCUT2D eigenvalue weighted by atomic mass is 79.9. The summed E-state index contributed by atoms with van der Waals surface area (Å²) in [4.78, 5) is 14.1. The fourth-order valence-corrected chi connectivity index (χ4v) is 2.84. The highest BCUT2D eigenvalue weighted by molar-refractivity contribution is 9.10. The van der Waals surface area contributed by atoms with E-state index in [9.17, 15) is 9.18 Å². The molecule has 0 aromatic heterocycles. The van der Waals surface area contributed by atoms with Crippen molar-refractivity contribution in [3.8, 4) is 0 Å². The Hall–Kier alpha value is -0.900. The second-order valence-corrected chi connectivity index (χ2v) is 5.28. The molecule has 1 aliphatic heterocycles. The number of benzene rings is 1. The zero-order valence-corrected chi connectivity index (χ0v) is 11.3. The highest BCUT2D eigenvalue weighted by Crippen LogP contribution is 2.24. The Bertz CT molecular complexity index is 415. The van der Waals surface area contributed by atoms with E-state index in [0.717, 1.165) is 25.8 Å². The van der Waals surface area contributed by atoms with Crippen LogP contribution in [-0.2, 0) is 0 Å². The first-order chi connectivity index (χ1) is 8.11. The van der Waals surface area contributed by atoms with E-state index in [4.69, 9.17) is 0 Å². The monoisotopic (exact) mass is 299 g/mol. The summed E-state index contributed by atoms with van der Waals surface area (Å²) < 4.78 is 13.9. The molecule has 1 aliphatic rings. The molecule has 1 unspecified atom stereocenters. The van der Waals surface area contributed by atoms with E-state index in [1.807, 2.05) is 4.90 Å². The van der Waals surface area contributed by atoms with Gasteiger partial charge in [0.05, 0.1) is 0 Å². The Morgan fingerprint density at radius 2 is 2.29 bits per heavy atom. The summed E-state index contributed by atoms with van der Waals surface area (Å²) in [6.45, 7) is 2.86. The van der Waals surface area contributed by atoms with Crippen LogP contribution in [0.4, 0.5) is 4.39 Å². The molecule has 0 bridgehead atoms. The average molecular weight is 300 g/mol. The fourth-order valence-electron chi connectivity index (χ4n) is 2.37. The van der Waals surface area contributed by atoms with Crippen LogP contribution in [0.5, 0.6) is 0 Å². The van der Waals surface area contributed by atoms with E-state index in [1.54, 1.807) is 6.07 Å². The molecule has 1 amide bonds. The molecule has 1 fully saturated rings. The zero-order valence-electron chi connectivity index (χ0n) is 9.75. The number of carbonyl (C=O) groups is 1. The molecule has 2 rings (SSSR count). The molecular formula is C13H15BrFNO. The third-order valence-electron chi connectivity index (χ3n) is 3.22. The highest BCUT2D eigenvalue weighted by Gasteiger charge is 2.28. The Morgan fingerprint density at radius 1 is 1.53 bits per heavy atom. The predicted octanol–water partition coefficient (Wildman–Crippen LogP) is 3.60. The van der Waals surface area contributed by atoms with Crippen LogP contribution >= 0.6 is 15.9 Å². The van der Waals surface area contributed by atoms with Gasteiger partial charge in [-0.2, -0.15) is 0 Å². The van der Waals surface area contributed by atoms with Crippen molar-refractivity contribution >= 4 is 21.8 Å². The Morgan fingerprint density at radius 3 is 2.94 bits per heavy atom. The van der Waals surface area contributed by atoms with Crippen LogP contribution in [0.2, 0.25) is 0 Å². The second-order valence-electron chi connectivity index (χ2n) is 4.36. The Labute approximate surface area is 109 Å². The third kappa shape index (κ3) is 2.68. The second kappa shape index (κ2) is 5.17. The molecule has 1 aromatic carbocycles. The first-order valence-electron chi connectivity index (χ1n) is 5.89. The number of hydrogen-bond donors (Lipinski definition) is 0. The van der Waals surface area contributed by atoms with Gasteiger partial charge in [-0.1, -0.05) is 22.9 Å². The third-order valence-corrected chi connectivity index (χ3v) is 3.68. The van der Waals surface area contributed by atoms with Crippen molar-refractivity contribution in [2.75, 3.05) is 6.54 Å². The first-order valence-corrected chi connectivity index (χ1v) is 6.68. The largest absolute Gasteiger partial charge is 0.336 e. The van der Waals surface area contributed by atoms with Gasteiger partial charge in [-0.15, -0.1) is 0 Å². The van der Waals surface area contributed by atoms with Crippen LogP contribution in [0.25, 0.3) is 0 Å². The molecule has 2 nitrogen and oxygen atoms in total. The molecule has 0 aliphatic carbocycles.